The first kappa shape index (κ1) is 22.6. The molecule has 156 valence electrons. The number of unbranched alkanes of at least 4 members (excludes halogenated alkanes) is 5. The summed E-state index contributed by atoms with van der Waals surface area (Å²) < 4.78 is 5.47. The normalized spacial score (nSPS) is 20.6. The van der Waals surface area contributed by atoms with Crippen LogP contribution in [0.25, 0.3) is 0 Å². The molecule has 0 aromatic rings. The summed E-state index contributed by atoms with van der Waals surface area (Å²) in [6.45, 7) is 10.3. The Balaban J connectivity index is 1.71. The molecule has 1 unspecified atom stereocenters. The third-order valence-corrected chi connectivity index (χ3v) is 6.14. The minimum atomic E-state index is 0.744. The van der Waals surface area contributed by atoms with Gasteiger partial charge in [-0.3, -0.25) is 4.90 Å². The van der Waals surface area contributed by atoms with Gasteiger partial charge in [-0.15, -0.1) is 0 Å². The van der Waals surface area contributed by atoms with E-state index in [0.717, 1.165) is 63.5 Å². The maximum absolute atomic E-state index is 5.78. The van der Waals surface area contributed by atoms with E-state index in [1.54, 1.807) is 0 Å². The molecule has 2 rings (SSSR count). The molecule has 1 N–H and O–H groups in total. The number of morpholine rings is 1. The largest absolute Gasteiger partial charge is 0.379 e. The van der Waals surface area contributed by atoms with Gasteiger partial charge in [0.25, 0.3) is 0 Å². The van der Waals surface area contributed by atoms with Gasteiger partial charge in [0.05, 0.1) is 13.2 Å². The minimum Gasteiger partial charge on any atom is -0.379 e. The number of nitrogens with one attached hydrogen (secondary N) is 1. The van der Waals surface area contributed by atoms with E-state index in [1.807, 2.05) is 0 Å². The van der Waals surface area contributed by atoms with E-state index < -0.39 is 0 Å². The number of allylic oxidation sites excluding steroid dienone is 2. The Morgan fingerprint density at radius 3 is 2.67 bits per heavy atom. The fourth-order valence-corrected chi connectivity index (χ4v) is 4.18. The van der Waals surface area contributed by atoms with Crippen molar-refractivity contribution in [1.82, 2.24) is 15.1 Å². The minimum absolute atomic E-state index is 0.744. The molecule has 0 aromatic carbocycles. The van der Waals surface area contributed by atoms with Gasteiger partial charge in [0.2, 0.25) is 0 Å². The molecule has 27 heavy (non-hydrogen) atoms. The predicted molar refractivity (Wildman–Crippen MR) is 119 cm³/mol. The lowest BCUT2D eigenvalue weighted by Gasteiger charge is -2.34. The highest BCUT2D eigenvalue weighted by Crippen LogP contribution is 2.19. The number of rotatable bonds is 12. The van der Waals surface area contributed by atoms with Crippen LogP contribution >= 0.6 is 12.2 Å². The Morgan fingerprint density at radius 1 is 1.15 bits per heavy atom. The fraction of sp³-hybridized carbons (Fsp3) is 0.864. The molecule has 4 nitrogen and oxygen atoms in total. The summed E-state index contributed by atoms with van der Waals surface area (Å²) in [5.74, 6) is 0.744. The van der Waals surface area contributed by atoms with Gasteiger partial charge in [-0.1, -0.05) is 51.2 Å². The molecule has 0 saturated carbocycles. The van der Waals surface area contributed by atoms with Crippen LogP contribution in [0.3, 0.4) is 0 Å². The van der Waals surface area contributed by atoms with Crippen molar-refractivity contribution in [3.63, 3.8) is 0 Å². The lowest BCUT2D eigenvalue weighted by molar-refractivity contribution is 0.0355. The van der Waals surface area contributed by atoms with E-state index in [4.69, 9.17) is 17.0 Å². The molecule has 1 fully saturated rings. The third-order valence-electron chi connectivity index (χ3n) is 5.74. The molecule has 1 aliphatic heterocycles. The second kappa shape index (κ2) is 14.4. The molecule has 1 atom stereocenters. The van der Waals surface area contributed by atoms with Gasteiger partial charge in [0.15, 0.2) is 5.11 Å². The highest BCUT2D eigenvalue weighted by Gasteiger charge is 2.19. The van der Waals surface area contributed by atoms with Crippen molar-refractivity contribution in [3.8, 4) is 0 Å². The molecule has 5 heteroatoms. The molecule has 0 bridgehead atoms. The zero-order valence-electron chi connectivity index (χ0n) is 17.5. The summed E-state index contributed by atoms with van der Waals surface area (Å²) in [7, 11) is 0. The first-order chi connectivity index (χ1) is 13.3. The molecule has 1 saturated heterocycles. The monoisotopic (exact) mass is 395 g/mol. The van der Waals surface area contributed by atoms with Crippen LogP contribution in [0.2, 0.25) is 0 Å². The van der Waals surface area contributed by atoms with E-state index in [0.29, 0.717) is 0 Å². The maximum atomic E-state index is 5.78. The smallest absolute Gasteiger partial charge is 0.168 e. The first-order valence-corrected chi connectivity index (χ1v) is 11.7. The van der Waals surface area contributed by atoms with Crippen molar-refractivity contribution in [2.24, 2.45) is 5.92 Å². The summed E-state index contributed by atoms with van der Waals surface area (Å²) in [6.07, 6.45) is 16.4. The van der Waals surface area contributed by atoms with Crippen molar-refractivity contribution in [3.05, 3.63) is 12.2 Å². The van der Waals surface area contributed by atoms with E-state index in [-0.39, 0.29) is 0 Å². The zero-order valence-corrected chi connectivity index (χ0v) is 18.3. The highest BCUT2D eigenvalue weighted by molar-refractivity contribution is 7.80. The molecule has 0 amide bonds. The van der Waals surface area contributed by atoms with Gasteiger partial charge in [0, 0.05) is 39.3 Å². The van der Waals surface area contributed by atoms with Gasteiger partial charge in [-0.05, 0) is 43.8 Å². The maximum Gasteiger partial charge on any atom is 0.168 e. The molecular weight excluding hydrogens is 354 g/mol. The van der Waals surface area contributed by atoms with Gasteiger partial charge >= 0.3 is 0 Å². The van der Waals surface area contributed by atoms with Crippen LogP contribution in [0.4, 0.5) is 0 Å². The number of ether oxygens (including phenoxy) is 1. The van der Waals surface area contributed by atoms with E-state index in [9.17, 15) is 0 Å². The van der Waals surface area contributed by atoms with Crippen LogP contribution < -0.4 is 5.32 Å². The van der Waals surface area contributed by atoms with Crippen LogP contribution in [-0.2, 0) is 4.74 Å². The Labute approximate surface area is 172 Å². The van der Waals surface area contributed by atoms with Crippen LogP contribution in [-0.4, -0.2) is 67.4 Å². The Kier molecular flexibility index (Phi) is 12.0. The van der Waals surface area contributed by atoms with Gasteiger partial charge in [-0.25, -0.2) is 0 Å². The van der Waals surface area contributed by atoms with Crippen molar-refractivity contribution in [2.75, 3.05) is 52.5 Å². The molecular formula is C22H41N3OS. The van der Waals surface area contributed by atoms with Crippen LogP contribution in [0.1, 0.15) is 64.7 Å². The lowest BCUT2D eigenvalue weighted by Crippen LogP contribution is -2.47. The SMILES string of the molecule is CCCCCCCCNC(=S)N(CCN1CCOCC1)CC1CC=CCC1. The average Bonchev–Trinajstić information content (AvgIpc) is 2.71. The topological polar surface area (TPSA) is 27.7 Å². The van der Waals surface area contributed by atoms with Crippen molar-refractivity contribution in [1.29, 1.82) is 0 Å². The second-order valence-corrected chi connectivity index (χ2v) is 8.44. The summed E-state index contributed by atoms with van der Waals surface area (Å²) >= 11 is 5.78. The first-order valence-electron chi connectivity index (χ1n) is 11.3. The number of nitrogens with zero attached hydrogens (tertiary/aromatic N) is 2. The van der Waals surface area contributed by atoms with Crippen LogP contribution in [0.15, 0.2) is 12.2 Å². The number of thiocarbonyl (C=S) groups is 1. The van der Waals surface area contributed by atoms with E-state index in [2.05, 4.69) is 34.2 Å². The Hall–Kier alpha value is -0.650. The second-order valence-electron chi connectivity index (χ2n) is 8.05. The molecule has 0 aromatic heterocycles. The molecule has 0 radical (unpaired) electrons. The number of hydrogen-bond acceptors (Lipinski definition) is 3. The van der Waals surface area contributed by atoms with Crippen molar-refractivity contribution < 1.29 is 4.74 Å². The summed E-state index contributed by atoms with van der Waals surface area (Å²) in [5.41, 5.74) is 0. The van der Waals surface area contributed by atoms with Crippen molar-refractivity contribution >= 4 is 17.3 Å². The average molecular weight is 396 g/mol. The molecule has 1 heterocycles. The number of hydrogen-bond donors (Lipinski definition) is 1. The third kappa shape index (κ3) is 9.91. The van der Waals surface area contributed by atoms with Crippen LogP contribution in [0, 0.1) is 5.92 Å². The van der Waals surface area contributed by atoms with Gasteiger partial charge in [0.1, 0.15) is 0 Å². The highest BCUT2D eigenvalue weighted by atomic mass is 32.1. The predicted octanol–water partition coefficient (Wildman–Crippen LogP) is 4.21. The summed E-state index contributed by atoms with van der Waals surface area (Å²) in [6, 6.07) is 0. The summed E-state index contributed by atoms with van der Waals surface area (Å²) in [4.78, 5) is 4.94. The Bertz CT molecular complexity index is 424. The summed E-state index contributed by atoms with van der Waals surface area (Å²) in [5, 5.41) is 4.51. The fourth-order valence-electron chi connectivity index (χ4n) is 3.91. The standard InChI is InChI=1S/C22H41N3OS/c1-2-3-4-5-6-10-13-23-22(27)25(20-21-11-8-7-9-12-21)15-14-24-16-18-26-19-17-24/h7-8,21H,2-6,9-20H2,1H3,(H,23,27). The molecule has 2 aliphatic rings. The Morgan fingerprint density at radius 2 is 1.93 bits per heavy atom. The van der Waals surface area contributed by atoms with E-state index >= 15 is 0 Å². The van der Waals surface area contributed by atoms with Crippen molar-refractivity contribution in [2.45, 2.75) is 64.7 Å². The van der Waals surface area contributed by atoms with Gasteiger partial charge < -0.3 is 15.0 Å². The van der Waals surface area contributed by atoms with Crippen LogP contribution in [0.5, 0.6) is 0 Å². The van der Waals surface area contributed by atoms with E-state index in [1.165, 1.54) is 57.8 Å². The molecule has 1 aliphatic carbocycles. The quantitative estimate of drug-likeness (QED) is 0.303. The zero-order chi connectivity index (χ0) is 19.2. The molecule has 0 spiro atoms. The lowest BCUT2D eigenvalue weighted by atomic mass is 9.94. The van der Waals surface area contributed by atoms with Gasteiger partial charge in [-0.2, -0.15) is 0 Å².